The number of amides is 1. The van der Waals surface area contributed by atoms with Crippen LogP contribution in [0.4, 0.5) is 4.79 Å². The fourth-order valence-electron chi connectivity index (χ4n) is 1.59. The average Bonchev–Trinajstić information content (AvgIpc) is 2.38. The van der Waals surface area contributed by atoms with Gasteiger partial charge in [0.25, 0.3) is 0 Å². The highest BCUT2D eigenvalue weighted by molar-refractivity contribution is 7.75. The maximum atomic E-state index is 10.8. The van der Waals surface area contributed by atoms with Gasteiger partial charge in [-0.05, 0) is 29.9 Å². The molecule has 0 aliphatic heterocycles. The maximum absolute atomic E-state index is 10.8. The first-order valence-electron chi connectivity index (χ1n) is 5.85. The normalized spacial score (nSPS) is 11.9. The van der Waals surface area contributed by atoms with Gasteiger partial charge in [0.1, 0.15) is 0 Å². The van der Waals surface area contributed by atoms with Crippen LogP contribution >= 0.6 is 12.9 Å². The molecule has 1 unspecified atom stereocenters. The molecule has 94 valence electrons. The van der Waals surface area contributed by atoms with Crippen LogP contribution < -0.4 is 5.32 Å². The highest BCUT2D eigenvalue weighted by Gasteiger charge is 2.03. The van der Waals surface area contributed by atoms with E-state index >= 15 is 0 Å². The molecule has 1 atom stereocenters. The molecule has 0 aliphatic rings. The van der Waals surface area contributed by atoms with Crippen LogP contribution in [0.5, 0.6) is 0 Å². The Bertz CT molecular complexity index is 351. The average molecular weight is 253 g/mol. The summed E-state index contributed by atoms with van der Waals surface area (Å²) in [5, 5.41) is 2.59. The van der Waals surface area contributed by atoms with Crippen molar-refractivity contribution in [3.8, 4) is 0 Å². The predicted octanol–water partition coefficient (Wildman–Crippen LogP) is 3.31. The Morgan fingerprint density at radius 1 is 1.41 bits per heavy atom. The monoisotopic (exact) mass is 253 g/mol. The molecule has 1 aromatic rings. The number of carbonyl (C=O) groups excluding carboxylic acids is 1. The van der Waals surface area contributed by atoms with Crippen LogP contribution in [-0.4, -0.2) is 12.6 Å². The molecule has 3 nitrogen and oxygen atoms in total. The Morgan fingerprint density at radius 3 is 2.59 bits per heavy atom. The quantitative estimate of drug-likeness (QED) is 0.624. The third kappa shape index (κ3) is 4.69. The lowest BCUT2D eigenvalue weighted by Crippen LogP contribution is -2.24. The highest BCUT2D eigenvalue weighted by Crippen LogP contribution is 2.18. The number of thiol groups is 1. The van der Waals surface area contributed by atoms with Crippen molar-refractivity contribution in [1.29, 1.82) is 0 Å². The number of hydrogen-bond acceptors (Lipinski definition) is 3. The minimum atomic E-state index is -0.510. The van der Waals surface area contributed by atoms with Crippen molar-refractivity contribution < 1.29 is 8.98 Å². The lowest BCUT2D eigenvalue weighted by Gasteiger charge is -2.09. The zero-order valence-corrected chi connectivity index (χ0v) is 11.2. The Hall–Kier alpha value is -1.16. The van der Waals surface area contributed by atoms with Crippen molar-refractivity contribution >= 4 is 19.0 Å². The predicted molar refractivity (Wildman–Crippen MR) is 72.3 cm³/mol. The number of hydrogen-bond donors (Lipinski definition) is 2. The smallest absolute Gasteiger partial charge is 0.378 e. The summed E-state index contributed by atoms with van der Waals surface area (Å²) in [6, 6.07) is 8.52. The van der Waals surface area contributed by atoms with Crippen LogP contribution in [0.25, 0.3) is 0 Å². The van der Waals surface area contributed by atoms with E-state index in [1.807, 2.05) is 0 Å². The van der Waals surface area contributed by atoms with Gasteiger partial charge in [-0.15, -0.1) is 0 Å². The molecule has 0 aromatic heterocycles. The van der Waals surface area contributed by atoms with E-state index in [0.29, 0.717) is 12.5 Å². The van der Waals surface area contributed by atoms with Crippen LogP contribution in [0.15, 0.2) is 24.3 Å². The van der Waals surface area contributed by atoms with Gasteiger partial charge < -0.3 is 9.50 Å². The van der Waals surface area contributed by atoms with E-state index in [1.54, 1.807) is 0 Å². The van der Waals surface area contributed by atoms with Crippen LogP contribution in [0, 0.1) is 0 Å². The minimum Gasteiger partial charge on any atom is -0.378 e. The van der Waals surface area contributed by atoms with Gasteiger partial charge in [0.05, 0.1) is 0 Å². The molecule has 0 fully saturated rings. The highest BCUT2D eigenvalue weighted by atomic mass is 32.1. The Labute approximate surface area is 108 Å². The first kappa shape index (κ1) is 13.9. The molecule has 0 spiro atoms. The summed E-state index contributed by atoms with van der Waals surface area (Å²) < 4.78 is 4.20. The second-order valence-electron chi connectivity index (χ2n) is 4.11. The first-order chi connectivity index (χ1) is 8.17. The van der Waals surface area contributed by atoms with E-state index in [2.05, 4.69) is 60.5 Å². The van der Waals surface area contributed by atoms with E-state index in [1.165, 1.54) is 11.1 Å². The van der Waals surface area contributed by atoms with Crippen molar-refractivity contribution in [3.63, 3.8) is 0 Å². The van der Waals surface area contributed by atoms with Gasteiger partial charge >= 0.3 is 6.09 Å². The van der Waals surface area contributed by atoms with Crippen LogP contribution in [0.3, 0.4) is 0 Å². The third-order valence-corrected chi connectivity index (χ3v) is 3.09. The maximum Gasteiger partial charge on any atom is 0.419 e. The molecular weight excluding hydrogens is 234 g/mol. The van der Waals surface area contributed by atoms with E-state index < -0.39 is 6.09 Å². The van der Waals surface area contributed by atoms with E-state index in [-0.39, 0.29) is 0 Å². The molecule has 0 bridgehead atoms. The van der Waals surface area contributed by atoms with Gasteiger partial charge in [0.2, 0.25) is 0 Å². The van der Waals surface area contributed by atoms with E-state index in [9.17, 15) is 4.79 Å². The molecule has 0 saturated heterocycles. The molecule has 4 heteroatoms. The molecule has 1 aromatic carbocycles. The summed E-state index contributed by atoms with van der Waals surface area (Å²) in [5.74, 6) is 0.598. The number of benzene rings is 1. The summed E-state index contributed by atoms with van der Waals surface area (Å²) >= 11 is 3.41. The molecule has 0 saturated carbocycles. The van der Waals surface area contributed by atoms with Crippen molar-refractivity contribution in [1.82, 2.24) is 5.32 Å². The fraction of sp³-hybridized carbons (Fsp3) is 0.462. The molecule has 17 heavy (non-hydrogen) atoms. The summed E-state index contributed by atoms with van der Waals surface area (Å²) in [4.78, 5) is 10.8. The lowest BCUT2D eigenvalue weighted by molar-refractivity contribution is 0.209. The molecule has 0 aliphatic carbocycles. The molecule has 1 N–H and O–H groups in total. The summed E-state index contributed by atoms with van der Waals surface area (Å²) in [7, 11) is 0. The third-order valence-electron chi connectivity index (χ3n) is 2.93. The van der Waals surface area contributed by atoms with Gasteiger partial charge in [-0.2, -0.15) is 0 Å². The Balaban J connectivity index is 2.43. The lowest BCUT2D eigenvalue weighted by atomic mass is 9.97. The van der Waals surface area contributed by atoms with Gasteiger partial charge in [0, 0.05) is 19.5 Å². The summed E-state index contributed by atoms with van der Waals surface area (Å²) in [6.45, 7) is 4.97. The number of carbonyl (C=O) groups is 1. The first-order valence-corrected chi connectivity index (χ1v) is 6.22. The SMILES string of the molecule is CCC(C)c1ccc(CCNC(=O)OS)cc1. The van der Waals surface area contributed by atoms with E-state index in [0.717, 1.165) is 12.8 Å². The van der Waals surface area contributed by atoms with Gasteiger partial charge in [-0.1, -0.05) is 38.1 Å². The number of nitrogens with one attached hydrogen (secondary N) is 1. The zero-order valence-electron chi connectivity index (χ0n) is 10.3. The van der Waals surface area contributed by atoms with Crippen molar-refractivity contribution in [2.45, 2.75) is 32.6 Å². The second-order valence-corrected chi connectivity index (χ2v) is 4.29. The van der Waals surface area contributed by atoms with Crippen molar-refractivity contribution in [2.75, 3.05) is 6.54 Å². The fourth-order valence-corrected chi connectivity index (χ4v) is 1.65. The van der Waals surface area contributed by atoms with Gasteiger partial charge in [-0.3, -0.25) is 0 Å². The standard InChI is InChI=1S/C13H19NO2S/c1-3-10(2)12-6-4-11(5-7-12)8-9-14-13(15)16-17/h4-7,10,17H,3,8-9H2,1-2H3,(H,14,15). The van der Waals surface area contributed by atoms with Crippen LogP contribution in [-0.2, 0) is 10.6 Å². The Morgan fingerprint density at radius 2 is 2.06 bits per heavy atom. The van der Waals surface area contributed by atoms with Gasteiger partial charge in [-0.25, -0.2) is 4.79 Å². The molecule has 0 radical (unpaired) electrons. The van der Waals surface area contributed by atoms with Crippen LogP contribution in [0.2, 0.25) is 0 Å². The van der Waals surface area contributed by atoms with Gasteiger partial charge in [0.15, 0.2) is 0 Å². The molecule has 0 heterocycles. The topological polar surface area (TPSA) is 38.3 Å². The number of rotatable bonds is 5. The van der Waals surface area contributed by atoms with Crippen molar-refractivity contribution in [2.24, 2.45) is 0 Å². The molecule has 1 rings (SSSR count). The summed E-state index contributed by atoms with van der Waals surface area (Å²) in [5.41, 5.74) is 2.57. The van der Waals surface area contributed by atoms with E-state index in [4.69, 9.17) is 0 Å². The van der Waals surface area contributed by atoms with Crippen molar-refractivity contribution in [3.05, 3.63) is 35.4 Å². The largest absolute Gasteiger partial charge is 0.419 e. The van der Waals surface area contributed by atoms with Crippen LogP contribution in [0.1, 0.15) is 37.3 Å². The summed E-state index contributed by atoms with van der Waals surface area (Å²) in [6.07, 6.45) is 1.43. The molecular formula is C13H19NO2S. The molecule has 1 amide bonds. The zero-order chi connectivity index (χ0) is 12.7. The minimum absolute atomic E-state index is 0.510. The second kappa shape index (κ2) is 7.22. The Kier molecular flexibility index (Phi) is 5.91.